The maximum Gasteiger partial charge on any atom is 0.331 e. The van der Waals surface area contributed by atoms with Crippen molar-refractivity contribution >= 4 is 11.9 Å². The summed E-state index contributed by atoms with van der Waals surface area (Å²) in [6.45, 7) is 5.45. The molecule has 7 nitrogen and oxygen atoms in total. The normalized spacial score (nSPS) is 14.8. The van der Waals surface area contributed by atoms with Gasteiger partial charge in [-0.3, -0.25) is 9.48 Å². The lowest BCUT2D eigenvalue weighted by atomic mass is 9.86. The van der Waals surface area contributed by atoms with Crippen molar-refractivity contribution in [1.82, 2.24) is 15.1 Å². The zero-order chi connectivity index (χ0) is 14.8. The molecule has 1 amide bonds. The molecule has 1 heterocycles. The molecule has 0 aliphatic heterocycles. The van der Waals surface area contributed by atoms with E-state index in [0.29, 0.717) is 5.56 Å². The van der Waals surface area contributed by atoms with Gasteiger partial charge in [-0.25, -0.2) is 4.79 Å². The number of nitrogens with two attached hydrogens (primary N) is 1. The van der Waals surface area contributed by atoms with E-state index in [1.807, 2.05) is 20.8 Å². The minimum Gasteiger partial charge on any atom is -0.479 e. The molecule has 0 bridgehead atoms. The Kier molecular flexibility index (Phi) is 4.31. The molecule has 4 N–H and O–H groups in total. The van der Waals surface area contributed by atoms with Gasteiger partial charge < -0.3 is 16.2 Å². The van der Waals surface area contributed by atoms with Crippen molar-refractivity contribution in [1.29, 1.82) is 0 Å². The molecule has 0 radical (unpaired) electrons. The number of rotatable bonds is 4. The fourth-order valence-electron chi connectivity index (χ4n) is 1.50. The molecule has 1 rings (SSSR count). The van der Waals surface area contributed by atoms with Crippen LogP contribution in [-0.4, -0.2) is 32.8 Å². The standard InChI is InChI=1S/C12H20N4O3/c1-12(2,3)9(13)10(17)15-8(11(18)19)7-5-14-16(4)6-7/h5-6,8-9H,13H2,1-4H3,(H,15,17)(H,18,19)/t8?,9-/m0/s1. The molecule has 0 saturated heterocycles. The summed E-state index contributed by atoms with van der Waals surface area (Å²) in [6, 6.07) is -1.93. The first-order valence-electron chi connectivity index (χ1n) is 5.90. The van der Waals surface area contributed by atoms with Gasteiger partial charge in [-0.1, -0.05) is 20.8 Å². The average Bonchev–Trinajstić information content (AvgIpc) is 2.69. The third kappa shape index (κ3) is 3.78. The van der Waals surface area contributed by atoms with Crippen LogP contribution in [0.15, 0.2) is 12.4 Å². The predicted octanol–water partition coefficient (Wildman–Crippen LogP) is 0.0354. The highest BCUT2D eigenvalue weighted by Gasteiger charge is 2.31. The molecule has 1 aromatic heterocycles. The van der Waals surface area contributed by atoms with E-state index in [2.05, 4.69) is 10.4 Å². The smallest absolute Gasteiger partial charge is 0.331 e. The molecule has 1 aromatic rings. The molecular weight excluding hydrogens is 248 g/mol. The lowest BCUT2D eigenvalue weighted by Gasteiger charge is -2.27. The molecule has 0 saturated carbocycles. The Morgan fingerprint density at radius 2 is 2.05 bits per heavy atom. The molecule has 0 aromatic carbocycles. The molecule has 0 aliphatic rings. The Labute approximate surface area is 111 Å². The second-order valence-corrected chi connectivity index (χ2v) is 5.57. The number of carbonyl (C=O) groups is 2. The topological polar surface area (TPSA) is 110 Å². The summed E-state index contributed by atoms with van der Waals surface area (Å²) < 4.78 is 1.47. The molecule has 19 heavy (non-hydrogen) atoms. The van der Waals surface area contributed by atoms with E-state index in [4.69, 9.17) is 5.73 Å². The van der Waals surface area contributed by atoms with Crippen molar-refractivity contribution in [2.45, 2.75) is 32.9 Å². The molecule has 0 spiro atoms. The fourth-order valence-corrected chi connectivity index (χ4v) is 1.50. The maximum absolute atomic E-state index is 12.0. The number of aryl methyl sites for hydroxylation is 1. The van der Waals surface area contributed by atoms with Gasteiger partial charge in [-0.15, -0.1) is 0 Å². The van der Waals surface area contributed by atoms with Crippen LogP contribution in [0.2, 0.25) is 0 Å². The number of amides is 1. The lowest BCUT2D eigenvalue weighted by Crippen LogP contribution is -2.50. The van der Waals surface area contributed by atoms with Gasteiger partial charge >= 0.3 is 5.97 Å². The molecule has 0 aliphatic carbocycles. The molecule has 106 valence electrons. The number of carboxylic acid groups (broad SMARTS) is 1. The quantitative estimate of drug-likeness (QED) is 0.714. The van der Waals surface area contributed by atoms with Gasteiger partial charge in [0.2, 0.25) is 5.91 Å². The highest BCUT2D eigenvalue weighted by atomic mass is 16.4. The van der Waals surface area contributed by atoms with Crippen molar-refractivity contribution in [3.63, 3.8) is 0 Å². The first-order chi connectivity index (χ1) is 8.62. The third-order valence-corrected chi connectivity index (χ3v) is 2.81. The van der Waals surface area contributed by atoms with Crippen molar-refractivity contribution in [3.8, 4) is 0 Å². The van der Waals surface area contributed by atoms with E-state index in [9.17, 15) is 14.7 Å². The Morgan fingerprint density at radius 3 is 2.42 bits per heavy atom. The van der Waals surface area contributed by atoms with Crippen LogP contribution in [0, 0.1) is 5.41 Å². The van der Waals surface area contributed by atoms with Crippen molar-refractivity contribution < 1.29 is 14.7 Å². The summed E-state index contributed by atoms with van der Waals surface area (Å²) >= 11 is 0. The molecule has 2 atom stereocenters. The van der Waals surface area contributed by atoms with E-state index in [1.54, 1.807) is 13.2 Å². The average molecular weight is 268 g/mol. The number of carboxylic acids is 1. The molecule has 7 heteroatoms. The first-order valence-corrected chi connectivity index (χ1v) is 5.90. The van der Waals surface area contributed by atoms with Crippen LogP contribution in [0.5, 0.6) is 0 Å². The second kappa shape index (κ2) is 5.40. The van der Waals surface area contributed by atoms with Crippen LogP contribution >= 0.6 is 0 Å². The van der Waals surface area contributed by atoms with E-state index in [0.717, 1.165) is 0 Å². The number of hydrogen-bond donors (Lipinski definition) is 3. The predicted molar refractivity (Wildman–Crippen MR) is 69.2 cm³/mol. The number of carbonyl (C=O) groups excluding carboxylic acids is 1. The number of nitrogens with one attached hydrogen (secondary N) is 1. The summed E-state index contributed by atoms with van der Waals surface area (Å²) in [7, 11) is 1.67. The Hall–Kier alpha value is -1.89. The summed E-state index contributed by atoms with van der Waals surface area (Å²) in [5.74, 6) is -1.65. The number of hydrogen-bond acceptors (Lipinski definition) is 4. The van der Waals surface area contributed by atoms with Crippen LogP contribution in [0.1, 0.15) is 32.4 Å². The highest BCUT2D eigenvalue weighted by Crippen LogP contribution is 2.19. The lowest BCUT2D eigenvalue weighted by molar-refractivity contribution is -0.142. The van der Waals surface area contributed by atoms with Crippen LogP contribution in [0.4, 0.5) is 0 Å². The van der Waals surface area contributed by atoms with Gasteiger partial charge in [0.25, 0.3) is 0 Å². The van der Waals surface area contributed by atoms with E-state index in [-0.39, 0.29) is 0 Å². The number of aromatic nitrogens is 2. The second-order valence-electron chi connectivity index (χ2n) is 5.57. The van der Waals surface area contributed by atoms with E-state index >= 15 is 0 Å². The van der Waals surface area contributed by atoms with E-state index in [1.165, 1.54) is 10.9 Å². The van der Waals surface area contributed by atoms with Gasteiger partial charge in [-0.2, -0.15) is 5.10 Å². The van der Waals surface area contributed by atoms with Gasteiger partial charge in [-0.05, 0) is 5.41 Å². The van der Waals surface area contributed by atoms with Crippen molar-refractivity contribution in [2.24, 2.45) is 18.2 Å². The summed E-state index contributed by atoms with van der Waals surface area (Å²) in [5, 5.41) is 15.5. The molecular formula is C12H20N4O3. The molecule has 0 fully saturated rings. The fraction of sp³-hybridized carbons (Fsp3) is 0.583. The Balaban J connectivity index is 2.87. The minimum atomic E-state index is -1.15. The Morgan fingerprint density at radius 1 is 1.47 bits per heavy atom. The van der Waals surface area contributed by atoms with Gasteiger partial charge in [0, 0.05) is 18.8 Å². The first kappa shape index (κ1) is 15.2. The summed E-state index contributed by atoms with van der Waals surface area (Å²) in [6.07, 6.45) is 2.95. The maximum atomic E-state index is 12.0. The van der Waals surface area contributed by atoms with Gasteiger partial charge in [0.15, 0.2) is 6.04 Å². The van der Waals surface area contributed by atoms with Crippen LogP contribution in [0.25, 0.3) is 0 Å². The third-order valence-electron chi connectivity index (χ3n) is 2.81. The van der Waals surface area contributed by atoms with Crippen LogP contribution < -0.4 is 11.1 Å². The van der Waals surface area contributed by atoms with Crippen molar-refractivity contribution in [2.75, 3.05) is 0 Å². The van der Waals surface area contributed by atoms with Crippen molar-refractivity contribution in [3.05, 3.63) is 18.0 Å². The number of nitrogens with zero attached hydrogens (tertiary/aromatic N) is 2. The molecule has 1 unspecified atom stereocenters. The van der Waals surface area contributed by atoms with Crippen LogP contribution in [-0.2, 0) is 16.6 Å². The largest absolute Gasteiger partial charge is 0.479 e. The minimum absolute atomic E-state index is 0.407. The summed E-state index contributed by atoms with van der Waals surface area (Å²) in [5.41, 5.74) is 5.76. The van der Waals surface area contributed by atoms with E-state index < -0.39 is 29.4 Å². The van der Waals surface area contributed by atoms with Crippen LogP contribution in [0.3, 0.4) is 0 Å². The zero-order valence-electron chi connectivity index (χ0n) is 11.5. The summed E-state index contributed by atoms with van der Waals surface area (Å²) in [4.78, 5) is 23.2. The SMILES string of the molecule is Cn1cc(C(NC(=O)[C@H](N)C(C)(C)C)C(=O)O)cn1. The van der Waals surface area contributed by atoms with Gasteiger partial charge in [0.05, 0.1) is 12.2 Å². The monoisotopic (exact) mass is 268 g/mol. The number of aliphatic carboxylic acids is 1. The zero-order valence-corrected chi connectivity index (χ0v) is 11.5. The van der Waals surface area contributed by atoms with Gasteiger partial charge in [0.1, 0.15) is 0 Å². The Bertz CT molecular complexity index is 476. The highest BCUT2D eigenvalue weighted by molar-refractivity contribution is 5.87.